The predicted molar refractivity (Wildman–Crippen MR) is 89.7 cm³/mol. The van der Waals surface area contributed by atoms with Gasteiger partial charge in [-0.15, -0.1) is 0 Å². The number of ether oxygens (including phenoxy) is 1. The van der Waals surface area contributed by atoms with E-state index in [1.54, 1.807) is 25.3 Å². The molecule has 0 saturated heterocycles. The van der Waals surface area contributed by atoms with Crippen LogP contribution in [0.15, 0.2) is 52.2 Å². The van der Waals surface area contributed by atoms with Gasteiger partial charge in [-0.3, -0.25) is 4.79 Å². The molecule has 0 fully saturated rings. The maximum atomic E-state index is 11.7. The lowest BCUT2D eigenvalue weighted by molar-refractivity contribution is -0.123. The summed E-state index contributed by atoms with van der Waals surface area (Å²) in [6.07, 6.45) is 1.56. The molecule has 0 radical (unpaired) electrons. The fourth-order valence-electron chi connectivity index (χ4n) is 1.92. The molecule has 0 bridgehead atoms. The molecule has 0 spiro atoms. The van der Waals surface area contributed by atoms with Gasteiger partial charge in [0.15, 0.2) is 6.61 Å². The molecular formula is C18H22N2O3. The summed E-state index contributed by atoms with van der Waals surface area (Å²) in [7, 11) is 0. The molecule has 5 heteroatoms. The first-order valence-electron chi connectivity index (χ1n) is 7.46. The molecule has 1 amide bonds. The molecule has 0 unspecified atom stereocenters. The molecule has 1 aromatic heterocycles. The average Bonchev–Trinajstić information content (AvgIpc) is 3.04. The Labute approximate surface area is 136 Å². The van der Waals surface area contributed by atoms with Gasteiger partial charge in [0.25, 0.3) is 5.91 Å². The van der Waals surface area contributed by atoms with Crippen LogP contribution in [0.5, 0.6) is 5.75 Å². The van der Waals surface area contributed by atoms with Crippen LogP contribution in [0.2, 0.25) is 0 Å². The molecule has 0 aliphatic rings. The predicted octanol–water partition coefficient (Wildman–Crippen LogP) is 3.50. The largest absolute Gasteiger partial charge is 0.484 e. The quantitative estimate of drug-likeness (QED) is 0.678. The summed E-state index contributed by atoms with van der Waals surface area (Å²) < 4.78 is 10.6. The first kappa shape index (κ1) is 16.8. The molecule has 122 valence electrons. The highest BCUT2D eigenvalue weighted by Crippen LogP contribution is 2.24. The van der Waals surface area contributed by atoms with Gasteiger partial charge in [-0.25, -0.2) is 5.43 Å². The number of hydrogen-bond acceptors (Lipinski definition) is 4. The Morgan fingerprint density at radius 1 is 1.22 bits per heavy atom. The van der Waals surface area contributed by atoms with Crippen LogP contribution in [-0.4, -0.2) is 18.2 Å². The van der Waals surface area contributed by atoms with Gasteiger partial charge in [0.1, 0.15) is 17.2 Å². The van der Waals surface area contributed by atoms with E-state index in [9.17, 15) is 4.79 Å². The van der Waals surface area contributed by atoms with Crippen molar-refractivity contribution >= 4 is 11.6 Å². The maximum Gasteiger partial charge on any atom is 0.277 e. The number of carbonyl (C=O) groups is 1. The second kappa shape index (κ2) is 7.13. The van der Waals surface area contributed by atoms with Gasteiger partial charge in [-0.1, -0.05) is 32.9 Å². The van der Waals surface area contributed by atoms with Gasteiger partial charge in [0.2, 0.25) is 0 Å². The molecule has 0 aliphatic heterocycles. The van der Waals surface area contributed by atoms with Gasteiger partial charge in [0.05, 0.1) is 6.26 Å². The zero-order chi connectivity index (χ0) is 16.9. The lowest BCUT2D eigenvalue weighted by Gasteiger charge is -2.19. The number of furan rings is 1. The Kier molecular flexibility index (Phi) is 5.21. The van der Waals surface area contributed by atoms with E-state index in [1.807, 2.05) is 24.3 Å². The van der Waals surface area contributed by atoms with Crippen LogP contribution >= 0.6 is 0 Å². The zero-order valence-electron chi connectivity index (χ0n) is 13.9. The highest BCUT2D eigenvalue weighted by molar-refractivity contribution is 5.96. The van der Waals surface area contributed by atoms with Crippen molar-refractivity contribution in [3.8, 4) is 5.75 Å². The van der Waals surface area contributed by atoms with Crippen molar-refractivity contribution in [3.63, 3.8) is 0 Å². The van der Waals surface area contributed by atoms with Crippen molar-refractivity contribution in [2.24, 2.45) is 5.10 Å². The summed E-state index contributed by atoms with van der Waals surface area (Å²) in [5.41, 5.74) is 4.34. The highest BCUT2D eigenvalue weighted by atomic mass is 16.5. The zero-order valence-corrected chi connectivity index (χ0v) is 13.9. The molecule has 2 aromatic rings. The normalized spacial score (nSPS) is 12.1. The molecule has 1 aromatic carbocycles. The molecule has 5 nitrogen and oxygen atoms in total. The van der Waals surface area contributed by atoms with Crippen LogP contribution in [0.25, 0.3) is 0 Å². The number of nitrogens with one attached hydrogen (secondary N) is 1. The van der Waals surface area contributed by atoms with Crippen molar-refractivity contribution in [2.45, 2.75) is 33.1 Å². The molecule has 1 heterocycles. The van der Waals surface area contributed by atoms with Gasteiger partial charge in [0, 0.05) is 0 Å². The van der Waals surface area contributed by atoms with Gasteiger partial charge in [-0.05, 0) is 42.2 Å². The Morgan fingerprint density at radius 3 is 2.48 bits per heavy atom. The van der Waals surface area contributed by atoms with E-state index in [0.717, 1.165) is 0 Å². The summed E-state index contributed by atoms with van der Waals surface area (Å²) in [6, 6.07) is 11.3. The number of rotatable bonds is 5. The molecule has 23 heavy (non-hydrogen) atoms. The van der Waals surface area contributed by atoms with Crippen LogP contribution < -0.4 is 10.2 Å². The second-order valence-corrected chi connectivity index (χ2v) is 6.27. The Bertz CT molecular complexity index is 665. The minimum atomic E-state index is -0.323. The van der Waals surface area contributed by atoms with E-state index in [2.05, 4.69) is 31.3 Å². The number of benzene rings is 1. The number of hydrogen-bond donors (Lipinski definition) is 1. The number of amides is 1. The van der Waals surface area contributed by atoms with Crippen LogP contribution in [-0.2, 0) is 10.2 Å². The van der Waals surface area contributed by atoms with E-state index in [4.69, 9.17) is 9.15 Å². The Morgan fingerprint density at radius 2 is 1.91 bits per heavy atom. The summed E-state index contributed by atoms with van der Waals surface area (Å²) in [5, 5.41) is 3.97. The summed E-state index contributed by atoms with van der Waals surface area (Å²) in [6.45, 7) is 8.11. The molecule has 2 rings (SSSR count). The summed E-state index contributed by atoms with van der Waals surface area (Å²) >= 11 is 0. The fraction of sp³-hybridized carbons (Fsp3) is 0.333. The van der Waals surface area contributed by atoms with Crippen molar-refractivity contribution in [2.75, 3.05) is 6.61 Å². The van der Waals surface area contributed by atoms with Crippen LogP contribution in [0.4, 0.5) is 0 Å². The average molecular weight is 314 g/mol. The number of nitrogens with zero attached hydrogens (tertiary/aromatic N) is 1. The first-order chi connectivity index (χ1) is 10.9. The number of hydrazone groups is 1. The lowest BCUT2D eigenvalue weighted by atomic mass is 9.87. The third-order valence-corrected chi connectivity index (χ3v) is 3.32. The third-order valence-electron chi connectivity index (χ3n) is 3.32. The number of carbonyl (C=O) groups excluding carboxylic acids is 1. The van der Waals surface area contributed by atoms with Crippen molar-refractivity contribution in [1.82, 2.24) is 5.43 Å². The SMILES string of the molecule is C/C(=N/NC(=O)COc1ccc(C(C)(C)C)cc1)c1ccco1. The standard InChI is InChI=1S/C18H22N2O3/c1-13(16-6-5-11-22-16)19-20-17(21)12-23-15-9-7-14(8-10-15)18(2,3)4/h5-11H,12H2,1-4H3,(H,20,21)/b19-13-. The fourth-order valence-corrected chi connectivity index (χ4v) is 1.92. The van der Waals surface area contributed by atoms with Crippen molar-refractivity contribution < 1.29 is 13.9 Å². The molecule has 0 saturated carbocycles. The third kappa shape index (κ3) is 4.98. The second-order valence-electron chi connectivity index (χ2n) is 6.27. The van der Waals surface area contributed by atoms with Gasteiger partial charge in [-0.2, -0.15) is 5.10 Å². The van der Waals surface area contributed by atoms with E-state index in [-0.39, 0.29) is 17.9 Å². The van der Waals surface area contributed by atoms with Crippen LogP contribution in [0, 0.1) is 0 Å². The van der Waals surface area contributed by atoms with Gasteiger partial charge >= 0.3 is 0 Å². The van der Waals surface area contributed by atoms with Crippen LogP contribution in [0.1, 0.15) is 39.0 Å². The van der Waals surface area contributed by atoms with E-state index in [0.29, 0.717) is 17.2 Å². The summed E-state index contributed by atoms with van der Waals surface area (Å²) in [5.74, 6) is 0.944. The Hall–Kier alpha value is -2.56. The van der Waals surface area contributed by atoms with E-state index in [1.165, 1.54) is 5.56 Å². The smallest absolute Gasteiger partial charge is 0.277 e. The van der Waals surface area contributed by atoms with Crippen molar-refractivity contribution in [3.05, 3.63) is 54.0 Å². The minimum Gasteiger partial charge on any atom is -0.484 e. The molecule has 1 N–H and O–H groups in total. The summed E-state index contributed by atoms with van der Waals surface area (Å²) in [4.78, 5) is 11.7. The monoisotopic (exact) mass is 314 g/mol. The van der Waals surface area contributed by atoms with E-state index < -0.39 is 0 Å². The highest BCUT2D eigenvalue weighted by Gasteiger charge is 2.13. The molecule has 0 aliphatic carbocycles. The van der Waals surface area contributed by atoms with E-state index >= 15 is 0 Å². The molecular weight excluding hydrogens is 292 g/mol. The topological polar surface area (TPSA) is 63.8 Å². The van der Waals surface area contributed by atoms with Crippen LogP contribution in [0.3, 0.4) is 0 Å². The van der Waals surface area contributed by atoms with Crippen molar-refractivity contribution in [1.29, 1.82) is 0 Å². The molecule has 0 atom stereocenters. The first-order valence-corrected chi connectivity index (χ1v) is 7.46. The lowest BCUT2D eigenvalue weighted by Crippen LogP contribution is -2.25. The Balaban J connectivity index is 1.84. The maximum absolute atomic E-state index is 11.7. The minimum absolute atomic E-state index is 0.0913. The van der Waals surface area contributed by atoms with Gasteiger partial charge < -0.3 is 9.15 Å².